The zero-order chi connectivity index (χ0) is 32.4. The molecule has 4 rings (SSSR count). The van der Waals surface area contributed by atoms with E-state index in [9.17, 15) is 18.0 Å². The molecule has 1 aliphatic rings. The van der Waals surface area contributed by atoms with Crippen molar-refractivity contribution in [3.63, 3.8) is 0 Å². The molecule has 1 fully saturated rings. The van der Waals surface area contributed by atoms with E-state index in [0.29, 0.717) is 17.9 Å². The third kappa shape index (κ3) is 8.27. The molecule has 3 aromatic carbocycles. The highest BCUT2D eigenvalue weighted by atomic mass is 32.2. The van der Waals surface area contributed by atoms with Crippen molar-refractivity contribution in [3.8, 4) is 17.2 Å². The van der Waals surface area contributed by atoms with E-state index in [1.54, 1.807) is 55.6 Å². The average Bonchev–Trinajstić information content (AvgIpc) is 3.07. The SMILES string of the molecule is CCC(C(=O)NC1CCCCC1)N(Cc1cccc(OC)c1)C(=O)CN(c1ccccc1OC)S(=O)(=O)c1ccc(OC)cc1. The molecule has 2 amide bonds. The Bertz CT molecular complexity index is 1540. The molecule has 0 saturated heterocycles. The molecule has 0 heterocycles. The second kappa shape index (κ2) is 15.7. The molecule has 0 radical (unpaired) electrons. The van der Waals surface area contributed by atoms with Crippen LogP contribution in [-0.4, -0.2) is 65.1 Å². The molecule has 0 spiro atoms. The highest BCUT2D eigenvalue weighted by Crippen LogP contribution is 2.33. The molecular formula is C34H43N3O7S. The van der Waals surface area contributed by atoms with Gasteiger partial charge in [-0.2, -0.15) is 0 Å². The number of carbonyl (C=O) groups excluding carboxylic acids is 2. The lowest BCUT2D eigenvalue weighted by Crippen LogP contribution is -2.54. The first-order chi connectivity index (χ1) is 21.7. The fourth-order valence-electron chi connectivity index (χ4n) is 5.66. The van der Waals surface area contributed by atoms with Crippen LogP contribution < -0.4 is 23.8 Å². The largest absolute Gasteiger partial charge is 0.497 e. The maximum atomic E-state index is 14.4. The smallest absolute Gasteiger partial charge is 0.264 e. The van der Waals surface area contributed by atoms with Crippen molar-refractivity contribution < 1.29 is 32.2 Å². The lowest BCUT2D eigenvalue weighted by molar-refractivity contribution is -0.140. The van der Waals surface area contributed by atoms with Crippen LogP contribution in [0.5, 0.6) is 17.2 Å². The molecule has 242 valence electrons. The average molecular weight is 638 g/mol. The fraction of sp³-hybridized carbons (Fsp3) is 0.412. The molecule has 0 aromatic heterocycles. The van der Waals surface area contributed by atoms with Gasteiger partial charge in [-0.1, -0.05) is 50.5 Å². The normalized spacial score (nSPS) is 14.2. The van der Waals surface area contributed by atoms with Gasteiger partial charge in [0, 0.05) is 12.6 Å². The molecule has 10 nitrogen and oxygen atoms in total. The van der Waals surface area contributed by atoms with E-state index >= 15 is 0 Å². The Morgan fingerprint density at radius 2 is 1.56 bits per heavy atom. The number of ether oxygens (including phenoxy) is 3. The van der Waals surface area contributed by atoms with E-state index in [-0.39, 0.29) is 34.8 Å². The third-order valence-corrected chi connectivity index (χ3v) is 9.88. The number of amides is 2. The van der Waals surface area contributed by atoms with E-state index in [1.165, 1.54) is 31.3 Å². The maximum Gasteiger partial charge on any atom is 0.264 e. The van der Waals surface area contributed by atoms with Crippen LogP contribution in [0.2, 0.25) is 0 Å². The van der Waals surface area contributed by atoms with Gasteiger partial charge >= 0.3 is 0 Å². The summed E-state index contributed by atoms with van der Waals surface area (Å²) in [5.74, 6) is 0.600. The molecule has 0 bridgehead atoms. The van der Waals surface area contributed by atoms with E-state index in [2.05, 4.69) is 5.32 Å². The molecule has 0 aliphatic heterocycles. The zero-order valence-electron chi connectivity index (χ0n) is 26.4. The monoisotopic (exact) mass is 637 g/mol. The first kappa shape index (κ1) is 33.6. The van der Waals surface area contributed by atoms with Crippen LogP contribution in [0.25, 0.3) is 0 Å². The Balaban J connectivity index is 1.74. The molecule has 3 aromatic rings. The quantitative estimate of drug-likeness (QED) is 0.260. The van der Waals surface area contributed by atoms with E-state index in [1.807, 2.05) is 19.1 Å². The Morgan fingerprint density at radius 1 is 0.867 bits per heavy atom. The Kier molecular flexibility index (Phi) is 11.7. The Morgan fingerprint density at radius 3 is 2.20 bits per heavy atom. The Labute approximate surface area is 266 Å². The minimum Gasteiger partial charge on any atom is -0.497 e. The molecule has 45 heavy (non-hydrogen) atoms. The van der Waals surface area contributed by atoms with Gasteiger partial charge in [-0.3, -0.25) is 13.9 Å². The van der Waals surface area contributed by atoms with Gasteiger partial charge in [0.05, 0.1) is 31.9 Å². The second-order valence-corrected chi connectivity index (χ2v) is 12.9. The fourth-order valence-corrected chi connectivity index (χ4v) is 7.08. The number of carbonyl (C=O) groups is 2. The first-order valence-corrected chi connectivity index (χ1v) is 16.7. The molecule has 1 aliphatic carbocycles. The number of methoxy groups -OCH3 is 3. The van der Waals surface area contributed by atoms with Gasteiger partial charge in [-0.25, -0.2) is 8.42 Å². The number of nitrogens with zero attached hydrogens (tertiary/aromatic N) is 2. The lowest BCUT2D eigenvalue weighted by Gasteiger charge is -2.34. The number of para-hydroxylation sites is 2. The Hall–Kier alpha value is -4.25. The summed E-state index contributed by atoms with van der Waals surface area (Å²) in [5.41, 5.74) is 0.943. The standard InChI is InChI=1S/C34H43N3O7S/c1-5-30(34(39)35-26-13-7-6-8-14-26)36(23-25-12-11-15-28(22-25)43-3)33(38)24-37(31-16-9-10-17-32(31)44-4)45(40,41)29-20-18-27(42-2)19-21-29/h9-12,15-22,26,30H,5-8,13-14,23-24H2,1-4H3,(H,35,39). The number of nitrogens with one attached hydrogen (secondary N) is 1. The third-order valence-electron chi connectivity index (χ3n) is 8.10. The number of benzene rings is 3. The zero-order valence-corrected chi connectivity index (χ0v) is 27.2. The highest BCUT2D eigenvalue weighted by Gasteiger charge is 2.35. The summed E-state index contributed by atoms with van der Waals surface area (Å²) in [6.07, 6.45) is 5.37. The van der Waals surface area contributed by atoms with Gasteiger partial charge in [0.25, 0.3) is 10.0 Å². The van der Waals surface area contributed by atoms with Crippen LogP contribution in [-0.2, 0) is 26.2 Å². The lowest BCUT2D eigenvalue weighted by atomic mass is 9.95. The summed E-state index contributed by atoms with van der Waals surface area (Å²) in [6, 6.07) is 19.1. The number of sulfonamides is 1. The van der Waals surface area contributed by atoms with E-state index in [4.69, 9.17) is 14.2 Å². The van der Waals surface area contributed by atoms with Crippen LogP contribution in [0.3, 0.4) is 0 Å². The predicted molar refractivity (Wildman–Crippen MR) is 173 cm³/mol. The van der Waals surface area contributed by atoms with Crippen LogP contribution in [0.4, 0.5) is 5.69 Å². The van der Waals surface area contributed by atoms with Crippen molar-refractivity contribution in [1.82, 2.24) is 10.2 Å². The highest BCUT2D eigenvalue weighted by molar-refractivity contribution is 7.92. The van der Waals surface area contributed by atoms with Crippen molar-refractivity contribution >= 4 is 27.5 Å². The number of hydrogen-bond acceptors (Lipinski definition) is 7. The van der Waals surface area contributed by atoms with E-state index < -0.39 is 28.5 Å². The summed E-state index contributed by atoms with van der Waals surface area (Å²) in [6.45, 7) is 1.37. The van der Waals surface area contributed by atoms with Crippen LogP contribution in [0.15, 0.2) is 77.7 Å². The minimum absolute atomic E-state index is 0.0246. The van der Waals surface area contributed by atoms with Crippen molar-refractivity contribution in [1.29, 1.82) is 0 Å². The summed E-state index contributed by atoms with van der Waals surface area (Å²) in [4.78, 5) is 29.6. The van der Waals surface area contributed by atoms with Crippen molar-refractivity contribution in [3.05, 3.63) is 78.4 Å². The van der Waals surface area contributed by atoms with Gasteiger partial charge in [-0.15, -0.1) is 0 Å². The maximum absolute atomic E-state index is 14.4. The van der Waals surface area contributed by atoms with Crippen LogP contribution in [0, 0.1) is 0 Å². The van der Waals surface area contributed by atoms with Gasteiger partial charge in [0.15, 0.2) is 0 Å². The molecule has 1 unspecified atom stereocenters. The van der Waals surface area contributed by atoms with Gasteiger partial charge in [0.2, 0.25) is 11.8 Å². The summed E-state index contributed by atoms with van der Waals surface area (Å²) in [5, 5.41) is 3.16. The number of anilines is 1. The van der Waals surface area contributed by atoms with Gasteiger partial charge in [-0.05, 0) is 73.4 Å². The minimum atomic E-state index is -4.27. The molecule has 11 heteroatoms. The summed E-state index contributed by atoms with van der Waals surface area (Å²) in [7, 11) is 0.226. The van der Waals surface area contributed by atoms with Gasteiger partial charge in [0.1, 0.15) is 29.8 Å². The van der Waals surface area contributed by atoms with Crippen molar-refractivity contribution in [2.45, 2.75) is 69.0 Å². The van der Waals surface area contributed by atoms with Crippen molar-refractivity contribution in [2.24, 2.45) is 0 Å². The molecule has 1 atom stereocenters. The number of rotatable bonds is 14. The summed E-state index contributed by atoms with van der Waals surface area (Å²) >= 11 is 0. The predicted octanol–water partition coefficient (Wildman–Crippen LogP) is 5.16. The van der Waals surface area contributed by atoms with E-state index in [0.717, 1.165) is 42.0 Å². The topological polar surface area (TPSA) is 114 Å². The second-order valence-electron chi connectivity index (χ2n) is 11.0. The molecular weight excluding hydrogens is 594 g/mol. The van der Waals surface area contributed by atoms with Crippen LogP contribution in [0.1, 0.15) is 51.0 Å². The summed E-state index contributed by atoms with van der Waals surface area (Å²) < 4.78 is 45.6. The van der Waals surface area contributed by atoms with Crippen LogP contribution >= 0.6 is 0 Å². The first-order valence-electron chi connectivity index (χ1n) is 15.2. The molecule has 1 saturated carbocycles. The van der Waals surface area contributed by atoms with Crippen molar-refractivity contribution in [2.75, 3.05) is 32.2 Å². The van der Waals surface area contributed by atoms with Gasteiger partial charge < -0.3 is 24.4 Å². The number of hydrogen-bond donors (Lipinski definition) is 1. The molecule has 1 N–H and O–H groups in total.